The van der Waals surface area contributed by atoms with Gasteiger partial charge in [0.15, 0.2) is 0 Å². The highest BCUT2D eigenvalue weighted by Gasteiger charge is 2.31. The zero-order valence-corrected chi connectivity index (χ0v) is 17.7. The van der Waals surface area contributed by atoms with Crippen molar-refractivity contribution in [2.24, 2.45) is 0 Å². The number of ketones is 1. The second kappa shape index (κ2) is 12.5. The Morgan fingerprint density at radius 3 is 2.50 bits per heavy atom. The summed E-state index contributed by atoms with van der Waals surface area (Å²) in [5.41, 5.74) is 0. The molecule has 2 aliphatic heterocycles. The molecule has 10 heteroatoms. The van der Waals surface area contributed by atoms with E-state index in [0.29, 0.717) is 52.4 Å². The van der Waals surface area contributed by atoms with Gasteiger partial charge in [-0.25, -0.2) is 0 Å². The molecule has 2 rings (SSSR count). The van der Waals surface area contributed by atoms with Crippen molar-refractivity contribution in [1.82, 2.24) is 14.7 Å². The van der Waals surface area contributed by atoms with Gasteiger partial charge in [-0.15, -0.1) is 0 Å². The largest absolute Gasteiger partial charge is 0.382 e. The number of amides is 3. The third kappa shape index (κ3) is 7.28. The summed E-state index contributed by atoms with van der Waals surface area (Å²) in [5, 5.41) is 0. The van der Waals surface area contributed by atoms with Crippen molar-refractivity contribution in [3.05, 3.63) is 12.2 Å². The minimum absolute atomic E-state index is 0.0620. The van der Waals surface area contributed by atoms with Gasteiger partial charge >= 0.3 is 0 Å². The number of piperazine rings is 1. The predicted molar refractivity (Wildman–Crippen MR) is 106 cm³/mol. The predicted octanol–water partition coefficient (Wildman–Crippen LogP) is -0.569. The number of nitrogens with zero attached hydrogens (tertiary/aromatic N) is 3. The first-order chi connectivity index (χ1) is 14.5. The number of rotatable bonds is 13. The SMILES string of the molecule is CCC(=O)CN1CCN(C(=O)CCN2C(=O)C=CC2=O)CC1COCOCCOC. The summed E-state index contributed by atoms with van der Waals surface area (Å²) in [4.78, 5) is 52.6. The second-order valence-electron chi connectivity index (χ2n) is 7.16. The van der Waals surface area contributed by atoms with Gasteiger partial charge in [0.1, 0.15) is 12.6 Å². The Morgan fingerprint density at radius 1 is 1.10 bits per heavy atom. The first kappa shape index (κ1) is 24.1. The van der Waals surface area contributed by atoms with Crippen LogP contribution >= 0.6 is 0 Å². The van der Waals surface area contributed by atoms with Crippen LogP contribution in [0.25, 0.3) is 0 Å². The van der Waals surface area contributed by atoms with E-state index in [1.54, 1.807) is 12.0 Å². The lowest BCUT2D eigenvalue weighted by molar-refractivity contribution is -0.139. The van der Waals surface area contributed by atoms with Crippen molar-refractivity contribution in [3.8, 4) is 0 Å². The minimum atomic E-state index is -0.393. The maximum absolute atomic E-state index is 12.6. The molecule has 3 amide bonds. The summed E-state index contributed by atoms with van der Waals surface area (Å²) >= 11 is 0. The first-order valence-electron chi connectivity index (χ1n) is 10.2. The van der Waals surface area contributed by atoms with Gasteiger partial charge in [-0.2, -0.15) is 0 Å². The molecule has 10 nitrogen and oxygen atoms in total. The third-order valence-electron chi connectivity index (χ3n) is 5.09. The fourth-order valence-corrected chi connectivity index (χ4v) is 3.29. The Hall–Kier alpha value is -2.14. The Labute approximate surface area is 176 Å². The van der Waals surface area contributed by atoms with Crippen LogP contribution in [0, 0.1) is 0 Å². The highest BCUT2D eigenvalue weighted by atomic mass is 16.7. The number of hydrogen-bond acceptors (Lipinski definition) is 8. The maximum atomic E-state index is 12.6. The molecule has 2 heterocycles. The standard InChI is InChI=1S/C20H31N3O7/c1-3-17(24)13-21-8-9-22(12-16(21)14-30-15-29-11-10-28-2)18(25)6-7-23-19(26)4-5-20(23)27/h4-5,16H,3,6-15H2,1-2H3. The van der Waals surface area contributed by atoms with Gasteiger partial charge in [0.05, 0.1) is 32.4 Å². The molecule has 1 fully saturated rings. The molecular weight excluding hydrogens is 394 g/mol. The van der Waals surface area contributed by atoms with Gasteiger partial charge < -0.3 is 19.1 Å². The fourth-order valence-electron chi connectivity index (χ4n) is 3.29. The topological polar surface area (TPSA) is 106 Å². The number of carbonyl (C=O) groups excluding carboxylic acids is 4. The lowest BCUT2D eigenvalue weighted by Crippen LogP contribution is -2.57. The molecule has 0 saturated carbocycles. The molecule has 2 aliphatic rings. The van der Waals surface area contributed by atoms with Gasteiger partial charge in [0, 0.05) is 58.3 Å². The lowest BCUT2D eigenvalue weighted by atomic mass is 10.1. The molecule has 0 bridgehead atoms. The minimum Gasteiger partial charge on any atom is -0.382 e. The summed E-state index contributed by atoms with van der Waals surface area (Å²) < 4.78 is 15.8. The quantitative estimate of drug-likeness (QED) is 0.219. The number of hydrogen-bond donors (Lipinski definition) is 0. The molecule has 0 aromatic carbocycles. The molecule has 168 valence electrons. The monoisotopic (exact) mass is 425 g/mol. The highest BCUT2D eigenvalue weighted by Crippen LogP contribution is 2.13. The summed E-state index contributed by atoms with van der Waals surface area (Å²) in [6, 6.07) is -0.138. The molecule has 0 radical (unpaired) electrons. The molecule has 0 spiro atoms. The van der Waals surface area contributed by atoms with Gasteiger partial charge in [-0.3, -0.25) is 29.0 Å². The Kier molecular flexibility index (Phi) is 10.1. The average Bonchev–Trinajstić information content (AvgIpc) is 3.06. The Bertz CT molecular complexity index is 634. The summed E-state index contributed by atoms with van der Waals surface area (Å²) in [5.74, 6) is -0.786. The molecule has 1 saturated heterocycles. The molecule has 0 aromatic heterocycles. The zero-order valence-electron chi connectivity index (χ0n) is 17.7. The Balaban J connectivity index is 1.85. The van der Waals surface area contributed by atoms with Gasteiger partial charge in [0.25, 0.3) is 11.8 Å². The van der Waals surface area contributed by atoms with Crippen molar-refractivity contribution in [2.45, 2.75) is 25.8 Å². The van der Waals surface area contributed by atoms with Crippen molar-refractivity contribution in [3.63, 3.8) is 0 Å². The van der Waals surface area contributed by atoms with Crippen LogP contribution in [0.1, 0.15) is 19.8 Å². The fraction of sp³-hybridized carbons (Fsp3) is 0.700. The molecular formula is C20H31N3O7. The van der Waals surface area contributed by atoms with E-state index in [1.165, 1.54) is 12.2 Å². The number of Topliss-reactive ketones (excluding diaryl/α,β-unsaturated/α-hetero) is 1. The highest BCUT2D eigenvalue weighted by molar-refractivity contribution is 6.13. The van der Waals surface area contributed by atoms with Crippen molar-refractivity contribution in [2.75, 3.05) is 66.4 Å². The summed E-state index contributed by atoms with van der Waals surface area (Å²) in [6.07, 6.45) is 2.94. The van der Waals surface area contributed by atoms with Crippen molar-refractivity contribution in [1.29, 1.82) is 0 Å². The summed E-state index contributed by atoms with van der Waals surface area (Å²) in [7, 11) is 1.59. The zero-order chi connectivity index (χ0) is 21.9. The van der Waals surface area contributed by atoms with E-state index in [1.807, 2.05) is 11.8 Å². The molecule has 0 aromatic rings. The smallest absolute Gasteiger partial charge is 0.253 e. The molecule has 30 heavy (non-hydrogen) atoms. The lowest BCUT2D eigenvalue weighted by Gasteiger charge is -2.41. The van der Waals surface area contributed by atoms with Crippen LogP contribution in [0.4, 0.5) is 0 Å². The number of carbonyl (C=O) groups is 4. The van der Waals surface area contributed by atoms with Crippen LogP contribution in [0.5, 0.6) is 0 Å². The second-order valence-corrected chi connectivity index (χ2v) is 7.16. The van der Waals surface area contributed by atoms with E-state index >= 15 is 0 Å². The van der Waals surface area contributed by atoms with Crippen LogP contribution < -0.4 is 0 Å². The maximum Gasteiger partial charge on any atom is 0.253 e. The first-order valence-corrected chi connectivity index (χ1v) is 10.2. The van der Waals surface area contributed by atoms with Gasteiger partial charge in [-0.05, 0) is 0 Å². The normalized spacial score (nSPS) is 19.7. The van der Waals surface area contributed by atoms with Gasteiger partial charge in [0.2, 0.25) is 5.91 Å². The molecule has 0 aliphatic carbocycles. The summed E-state index contributed by atoms with van der Waals surface area (Å²) in [6.45, 7) is 4.98. The molecule has 1 unspecified atom stereocenters. The van der Waals surface area contributed by atoms with E-state index in [0.717, 1.165) is 4.90 Å². The van der Waals surface area contributed by atoms with Crippen LogP contribution in [-0.2, 0) is 33.4 Å². The van der Waals surface area contributed by atoms with E-state index in [2.05, 4.69) is 0 Å². The van der Waals surface area contributed by atoms with Crippen LogP contribution in [0.3, 0.4) is 0 Å². The number of ether oxygens (including phenoxy) is 3. The van der Waals surface area contributed by atoms with Crippen molar-refractivity contribution < 1.29 is 33.4 Å². The van der Waals surface area contributed by atoms with E-state index < -0.39 is 11.8 Å². The van der Waals surface area contributed by atoms with Gasteiger partial charge in [-0.1, -0.05) is 6.92 Å². The van der Waals surface area contributed by atoms with E-state index in [4.69, 9.17) is 14.2 Å². The van der Waals surface area contributed by atoms with Crippen LogP contribution in [-0.4, -0.2) is 111 Å². The molecule has 0 N–H and O–H groups in total. The van der Waals surface area contributed by atoms with Crippen LogP contribution in [0.15, 0.2) is 12.2 Å². The van der Waals surface area contributed by atoms with Crippen LogP contribution in [0.2, 0.25) is 0 Å². The van der Waals surface area contributed by atoms with E-state index in [-0.39, 0.29) is 37.5 Å². The Morgan fingerprint density at radius 2 is 1.83 bits per heavy atom. The molecule has 1 atom stereocenters. The van der Waals surface area contributed by atoms with E-state index in [9.17, 15) is 19.2 Å². The average molecular weight is 425 g/mol. The third-order valence-corrected chi connectivity index (χ3v) is 5.09. The number of methoxy groups -OCH3 is 1. The number of imide groups is 1. The van der Waals surface area contributed by atoms with Crippen molar-refractivity contribution >= 4 is 23.5 Å².